The molecule has 0 aromatic heterocycles. The molecule has 0 saturated carbocycles. The van der Waals surface area contributed by atoms with Crippen LogP contribution in [0.25, 0.3) is 0 Å². The van der Waals surface area contributed by atoms with E-state index in [0.717, 1.165) is 37.2 Å². The molecule has 1 saturated heterocycles. The quantitative estimate of drug-likeness (QED) is 0.522. The molecule has 1 fully saturated rings. The minimum atomic E-state index is -0.300. The van der Waals surface area contributed by atoms with Gasteiger partial charge in [0.1, 0.15) is 35.5 Å². The number of likely N-dealkylation sites (tertiary alicyclic amines) is 1. The number of amides is 1. The van der Waals surface area contributed by atoms with Gasteiger partial charge in [-0.3, -0.25) is 4.79 Å². The molecule has 5 rings (SSSR count). The van der Waals surface area contributed by atoms with E-state index >= 15 is 0 Å². The van der Waals surface area contributed by atoms with Crippen molar-refractivity contribution in [3.05, 3.63) is 88.5 Å². The highest BCUT2D eigenvalue weighted by Gasteiger charge is 2.27. The molecule has 2 heterocycles. The third-order valence-electron chi connectivity index (χ3n) is 7.40. The Morgan fingerprint density at radius 1 is 1.00 bits per heavy atom. The lowest BCUT2D eigenvalue weighted by molar-refractivity contribution is 0.0755. The van der Waals surface area contributed by atoms with Crippen LogP contribution in [0.3, 0.4) is 0 Å². The molecule has 3 aromatic carbocycles. The van der Waals surface area contributed by atoms with E-state index in [1.54, 1.807) is 4.90 Å². The Hall–Kier alpha value is -4.02. The summed E-state index contributed by atoms with van der Waals surface area (Å²) in [6, 6.07) is 20.7. The molecular weight excluding hydrogens is 478 g/mol. The Morgan fingerprint density at radius 3 is 2.47 bits per heavy atom. The number of benzene rings is 3. The number of hydrogen-bond acceptors (Lipinski definition) is 6. The van der Waals surface area contributed by atoms with Crippen LogP contribution in [0.5, 0.6) is 17.2 Å². The van der Waals surface area contributed by atoms with E-state index in [1.807, 2.05) is 42.5 Å². The first-order valence-corrected chi connectivity index (χ1v) is 13.2. The number of aromatic hydroxyl groups is 1. The normalized spacial score (nSPS) is 16.3. The number of fused-ring (bicyclic) bond motifs is 1. The molecule has 0 bridgehead atoms. The fourth-order valence-corrected chi connectivity index (χ4v) is 5.16. The highest BCUT2D eigenvalue weighted by molar-refractivity contribution is 6.00. The molecule has 196 valence electrons. The van der Waals surface area contributed by atoms with Gasteiger partial charge in [-0.25, -0.2) is 0 Å². The van der Waals surface area contributed by atoms with Crippen molar-refractivity contribution in [3.8, 4) is 23.3 Å². The largest absolute Gasteiger partial charge is 0.507 e. The molecular formula is C31H33N3O4. The Balaban J connectivity index is 1.30. The summed E-state index contributed by atoms with van der Waals surface area (Å²) in [5.74, 6) is 0.559. The van der Waals surface area contributed by atoms with Crippen molar-refractivity contribution in [2.24, 2.45) is 0 Å². The molecule has 0 spiro atoms. The molecule has 0 aliphatic carbocycles. The van der Waals surface area contributed by atoms with Crippen LogP contribution in [0.4, 0.5) is 0 Å². The van der Waals surface area contributed by atoms with Crippen molar-refractivity contribution >= 4 is 5.91 Å². The maximum atomic E-state index is 13.7. The summed E-state index contributed by atoms with van der Waals surface area (Å²) in [6.45, 7) is 3.36. The van der Waals surface area contributed by atoms with Crippen molar-refractivity contribution in [3.63, 3.8) is 0 Å². The zero-order valence-electron chi connectivity index (χ0n) is 21.7. The van der Waals surface area contributed by atoms with E-state index in [1.165, 1.54) is 23.3 Å². The monoisotopic (exact) mass is 511 g/mol. The van der Waals surface area contributed by atoms with Crippen molar-refractivity contribution in [2.45, 2.75) is 38.4 Å². The predicted octanol–water partition coefficient (Wildman–Crippen LogP) is 4.56. The molecule has 3 aromatic rings. The number of ether oxygens (including phenoxy) is 2. The minimum absolute atomic E-state index is 0.0946. The third-order valence-corrected chi connectivity index (χ3v) is 7.40. The van der Waals surface area contributed by atoms with Gasteiger partial charge in [-0.15, -0.1) is 0 Å². The summed E-state index contributed by atoms with van der Waals surface area (Å²) >= 11 is 0. The highest BCUT2D eigenvalue weighted by Crippen LogP contribution is 2.33. The Morgan fingerprint density at radius 2 is 1.74 bits per heavy atom. The minimum Gasteiger partial charge on any atom is -0.507 e. The molecule has 7 nitrogen and oxygen atoms in total. The standard InChI is InChI=1S/C31H33N3O4/c1-33-13-11-26(12-14-33)38-27-8-7-24-9-15-34(16-10-25(24)19-27)31(36)30-28(35)17-23(20-32)18-29(30)37-21-22-5-3-2-4-6-22/h2-8,17-19,26,35H,9-16,21H2,1H3. The summed E-state index contributed by atoms with van der Waals surface area (Å²) < 4.78 is 12.3. The van der Waals surface area contributed by atoms with Crippen molar-refractivity contribution < 1.29 is 19.4 Å². The fraction of sp³-hybridized carbons (Fsp3) is 0.355. The van der Waals surface area contributed by atoms with Gasteiger partial charge in [-0.2, -0.15) is 5.26 Å². The van der Waals surface area contributed by atoms with Crippen LogP contribution in [0.2, 0.25) is 0 Å². The van der Waals surface area contributed by atoms with Gasteiger partial charge in [-0.05, 0) is 73.7 Å². The van der Waals surface area contributed by atoms with Gasteiger partial charge < -0.3 is 24.4 Å². The summed E-state index contributed by atoms with van der Waals surface area (Å²) in [6.07, 6.45) is 3.70. The van der Waals surface area contributed by atoms with Gasteiger partial charge in [0.05, 0.1) is 11.6 Å². The lowest BCUT2D eigenvalue weighted by Gasteiger charge is -2.29. The van der Waals surface area contributed by atoms with Crippen LogP contribution in [-0.2, 0) is 19.4 Å². The maximum absolute atomic E-state index is 13.7. The number of nitriles is 1. The third kappa shape index (κ3) is 5.92. The van der Waals surface area contributed by atoms with Gasteiger partial charge in [0, 0.05) is 26.2 Å². The fourth-order valence-electron chi connectivity index (χ4n) is 5.16. The lowest BCUT2D eigenvalue weighted by Crippen LogP contribution is -2.35. The molecule has 1 N–H and O–H groups in total. The van der Waals surface area contributed by atoms with Crippen molar-refractivity contribution in [1.82, 2.24) is 9.80 Å². The van der Waals surface area contributed by atoms with E-state index < -0.39 is 0 Å². The Kier molecular flexibility index (Phi) is 7.81. The average Bonchev–Trinajstić information content (AvgIpc) is 3.15. The number of rotatable bonds is 6. The first-order valence-electron chi connectivity index (χ1n) is 13.2. The number of phenols is 1. The number of phenolic OH excluding ortho intramolecular Hbond substituents is 1. The molecule has 2 aliphatic rings. The number of carbonyl (C=O) groups excluding carboxylic acids is 1. The molecule has 2 aliphatic heterocycles. The zero-order chi connectivity index (χ0) is 26.5. The second kappa shape index (κ2) is 11.6. The first kappa shape index (κ1) is 25.6. The smallest absolute Gasteiger partial charge is 0.261 e. The van der Waals surface area contributed by atoms with Crippen LogP contribution in [-0.4, -0.2) is 60.1 Å². The van der Waals surface area contributed by atoms with E-state index in [-0.39, 0.29) is 41.2 Å². The van der Waals surface area contributed by atoms with E-state index in [9.17, 15) is 15.2 Å². The van der Waals surface area contributed by atoms with Crippen LogP contribution in [0.1, 0.15) is 45.5 Å². The summed E-state index contributed by atoms with van der Waals surface area (Å²) in [5, 5.41) is 20.2. The Labute approximate surface area is 223 Å². The summed E-state index contributed by atoms with van der Waals surface area (Å²) in [5.41, 5.74) is 3.66. The van der Waals surface area contributed by atoms with E-state index in [2.05, 4.69) is 24.1 Å². The molecule has 7 heteroatoms. The molecule has 1 amide bonds. The molecule has 0 radical (unpaired) electrons. The zero-order valence-corrected chi connectivity index (χ0v) is 21.7. The van der Waals surface area contributed by atoms with Crippen molar-refractivity contribution in [1.29, 1.82) is 5.26 Å². The summed E-state index contributed by atoms with van der Waals surface area (Å²) in [4.78, 5) is 17.8. The number of piperidine rings is 1. The summed E-state index contributed by atoms with van der Waals surface area (Å²) in [7, 11) is 2.14. The topological polar surface area (TPSA) is 86.0 Å². The second-order valence-electron chi connectivity index (χ2n) is 10.1. The van der Waals surface area contributed by atoms with Crippen LogP contribution >= 0.6 is 0 Å². The average molecular weight is 512 g/mol. The van der Waals surface area contributed by atoms with Crippen LogP contribution in [0, 0.1) is 11.3 Å². The number of nitrogens with zero attached hydrogens (tertiary/aromatic N) is 3. The van der Waals surface area contributed by atoms with Gasteiger partial charge in [0.25, 0.3) is 5.91 Å². The van der Waals surface area contributed by atoms with Crippen LogP contribution < -0.4 is 9.47 Å². The van der Waals surface area contributed by atoms with Crippen molar-refractivity contribution in [2.75, 3.05) is 33.2 Å². The van der Waals surface area contributed by atoms with Crippen LogP contribution in [0.15, 0.2) is 60.7 Å². The van der Waals surface area contributed by atoms with Gasteiger partial charge in [-0.1, -0.05) is 36.4 Å². The van der Waals surface area contributed by atoms with Gasteiger partial charge in [0.15, 0.2) is 0 Å². The molecule has 38 heavy (non-hydrogen) atoms. The highest BCUT2D eigenvalue weighted by atomic mass is 16.5. The maximum Gasteiger partial charge on any atom is 0.261 e. The molecule has 0 atom stereocenters. The first-order chi connectivity index (χ1) is 18.5. The van der Waals surface area contributed by atoms with E-state index in [0.29, 0.717) is 25.9 Å². The predicted molar refractivity (Wildman–Crippen MR) is 144 cm³/mol. The second-order valence-corrected chi connectivity index (χ2v) is 10.1. The number of hydrogen-bond donors (Lipinski definition) is 1. The Bertz CT molecular complexity index is 1330. The van der Waals surface area contributed by atoms with Gasteiger partial charge in [0.2, 0.25) is 0 Å². The number of carbonyl (C=O) groups is 1. The lowest BCUT2D eigenvalue weighted by atomic mass is 10.0. The molecule has 0 unspecified atom stereocenters. The van der Waals surface area contributed by atoms with Gasteiger partial charge >= 0.3 is 0 Å². The van der Waals surface area contributed by atoms with E-state index in [4.69, 9.17) is 9.47 Å². The SMILES string of the molecule is CN1CCC(Oc2ccc3c(c2)CCN(C(=O)c2c(O)cc(C#N)cc2OCc2ccccc2)CC3)CC1.